The summed E-state index contributed by atoms with van der Waals surface area (Å²) in [6.07, 6.45) is -2.55. The van der Waals surface area contributed by atoms with Gasteiger partial charge in [-0.1, -0.05) is 18.6 Å². The van der Waals surface area contributed by atoms with Crippen LogP contribution >= 0.6 is 0 Å². The van der Waals surface area contributed by atoms with Crippen molar-refractivity contribution in [3.63, 3.8) is 0 Å². The number of aryl methyl sites for hydroxylation is 1. The Morgan fingerprint density at radius 3 is 2.56 bits per heavy atom. The van der Waals surface area contributed by atoms with Crippen LogP contribution in [0.4, 0.5) is 23.2 Å². The van der Waals surface area contributed by atoms with Gasteiger partial charge in [-0.15, -0.1) is 10.2 Å². The largest absolute Gasteiger partial charge is 0.494 e. The Balaban J connectivity index is 1.49. The minimum Gasteiger partial charge on any atom is -0.494 e. The molecule has 5 rings (SSSR count). The van der Waals surface area contributed by atoms with E-state index in [1.54, 1.807) is 42.3 Å². The number of methoxy groups -OCH3 is 1. The summed E-state index contributed by atoms with van der Waals surface area (Å²) in [5.41, 5.74) is 1.69. The number of alkyl halides is 3. The molecule has 2 aliphatic rings. The van der Waals surface area contributed by atoms with Gasteiger partial charge in [-0.25, -0.2) is 18.9 Å². The average molecular weight is 548 g/mol. The van der Waals surface area contributed by atoms with Crippen LogP contribution in [0.2, 0.25) is 0 Å². The molecule has 2 aromatic carbocycles. The Bertz CT molecular complexity index is 1380. The molecule has 0 amide bonds. The van der Waals surface area contributed by atoms with Gasteiger partial charge in [0.1, 0.15) is 29.4 Å². The summed E-state index contributed by atoms with van der Waals surface area (Å²) in [4.78, 5) is 21.0. The standard InChI is InChI=1S/C25H25F4N7O3/c1-15-30-14-35(32-15)20-11-10-18(13-21(20)38-2)31-24-33-34-12-4-3-5-19(16-6-8-17(26)9-7-16)22(34)36(24)39-23(37)25(27,28)29/h6-11,13-14,19,22H,3-5,12H2,1-2H3,(H,31,33). The molecule has 1 N–H and O–H groups in total. The zero-order chi connectivity index (χ0) is 27.7. The van der Waals surface area contributed by atoms with Gasteiger partial charge in [-0.3, -0.25) is 5.01 Å². The van der Waals surface area contributed by atoms with Gasteiger partial charge in [0.25, 0.3) is 5.96 Å². The lowest BCUT2D eigenvalue weighted by atomic mass is 9.91. The van der Waals surface area contributed by atoms with Gasteiger partial charge in [0.2, 0.25) is 0 Å². The van der Waals surface area contributed by atoms with Gasteiger partial charge in [-0.05, 0) is 49.6 Å². The van der Waals surface area contributed by atoms with Crippen molar-refractivity contribution in [2.75, 3.05) is 19.0 Å². The maximum Gasteiger partial charge on any atom is 0.493 e. The Labute approximate surface area is 220 Å². The van der Waals surface area contributed by atoms with Crippen molar-refractivity contribution in [2.24, 2.45) is 5.10 Å². The molecule has 0 aliphatic carbocycles. The predicted molar refractivity (Wildman–Crippen MR) is 131 cm³/mol. The molecular formula is C25H25F4N7O3. The summed E-state index contributed by atoms with van der Waals surface area (Å²) >= 11 is 0. The number of rotatable bonds is 5. The zero-order valence-electron chi connectivity index (χ0n) is 21.0. The maximum atomic E-state index is 13.6. The van der Waals surface area contributed by atoms with Crippen molar-refractivity contribution in [1.82, 2.24) is 24.8 Å². The number of hydroxylamine groups is 2. The lowest BCUT2D eigenvalue weighted by Crippen LogP contribution is -2.49. The lowest BCUT2D eigenvalue weighted by molar-refractivity contribution is -0.235. The van der Waals surface area contributed by atoms with E-state index < -0.39 is 30.0 Å². The van der Waals surface area contributed by atoms with E-state index in [1.807, 2.05) is 0 Å². The van der Waals surface area contributed by atoms with Gasteiger partial charge in [0, 0.05) is 24.2 Å². The summed E-state index contributed by atoms with van der Waals surface area (Å²) in [7, 11) is 1.47. The third-order valence-corrected chi connectivity index (χ3v) is 6.49. The van der Waals surface area contributed by atoms with E-state index in [0.717, 1.165) is 11.5 Å². The number of carbonyl (C=O) groups is 1. The van der Waals surface area contributed by atoms with Crippen LogP contribution in [0.1, 0.15) is 36.6 Å². The Hall–Kier alpha value is -4.36. The van der Waals surface area contributed by atoms with Gasteiger partial charge in [0.05, 0.1) is 7.11 Å². The number of guanidine groups is 1. The molecule has 3 heterocycles. The summed E-state index contributed by atoms with van der Waals surface area (Å²) in [5.74, 6) is -2.39. The van der Waals surface area contributed by atoms with Crippen LogP contribution in [0.15, 0.2) is 53.9 Å². The molecule has 1 fully saturated rings. The number of nitrogens with one attached hydrogen (secondary N) is 1. The van der Waals surface area contributed by atoms with E-state index >= 15 is 0 Å². The molecule has 1 aromatic heterocycles. The van der Waals surface area contributed by atoms with Crippen molar-refractivity contribution in [3.05, 3.63) is 66.0 Å². The number of hydrogen-bond donors (Lipinski definition) is 1. The molecule has 206 valence electrons. The normalized spacial score (nSPS) is 19.3. The first-order valence-electron chi connectivity index (χ1n) is 12.2. The second kappa shape index (κ2) is 10.4. The number of hydrazone groups is 1. The molecule has 2 atom stereocenters. The molecule has 2 aliphatic heterocycles. The Kier molecular flexibility index (Phi) is 7.02. The highest BCUT2D eigenvalue weighted by atomic mass is 19.4. The number of benzene rings is 2. The third-order valence-electron chi connectivity index (χ3n) is 6.49. The van der Waals surface area contributed by atoms with E-state index in [0.29, 0.717) is 47.9 Å². The maximum absolute atomic E-state index is 13.6. The highest BCUT2D eigenvalue weighted by molar-refractivity contribution is 5.95. The summed E-state index contributed by atoms with van der Waals surface area (Å²) in [6, 6.07) is 10.7. The zero-order valence-corrected chi connectivity index (χ0v) is 21.0. The number of ether oxygens (including phenoxy) is 1. The van der Waals surface area contributed by atoms with Gasteiger partial charge in [-0.2, -0.15) is 18.3 Å². The molecule has 0 radical (unpaired) electrons. The first-order valence-corrected chi connectivity index (χ1v) is 12.2. The molecule has 3 aromatic rings. The van der Waals surface area contributed by atoms with Gasteiger partial charge < -0.3 is 14.9 Å². The fraction of sp³-hybridized carbons (Fsp3) is 0.360. The Morgan fingerprint density at radius 2 is 1.90 bits per heavy atom. The van der Waals surface area contributed by atoms with Crippen LogP contribution < -0.4 is 10.1 Å². The van der Waals surface area contributed by atoms with Crippen molar-refractivity contribution in [3.8, 4) is 11.4 Å². The van der Waals surface area contributed by atoms with Crippen LogP contribution in [0.3, 0.4) is 0 Å². The highest BCUT2D eigenvalue weighted by Crippen LogP contribution is 2.38. The van der Waals surface area contributed by atoms with Crippen molar-refractivity contribution in [1.29, 1.82) is 0 Å². The smallest absolute Gasteiger partial charge is 0.493 e. The third kappa shape index (κ3) is 5.45. The topological polar surface area (TPSA) is 97.1 Å². The van der Waals surface area contributed by atoms with Crippen molar-refractivity contribution in [2.45, 2.75) is 44.4 Å². The minimum atomic E-state index is -5.23. The number of hydrogen-bond acceptors (Lipinski definition) is 9. The number of nitrogens with zero attached hydrogens (tertiary/aromatic N) is 6. The molecule has 0 saturated carbocycles. The fourth-order valence-electron chi connectivity index (χ4n) is 4.71. The molecule has 39 heavy (non-hydrogen) atoms. The quantitative estimate of drug-likeness (QED) is 0.472. The first kappa shape index (κ1) is 26.3. The van der Waals surface area contributed by atoms with E-state index in [1.165, 1.54) is 30.3 Å². The monoisotopic (exact) mass is 547 g/mol. The van der Waals surface area contributed by atoms with Crippen LogP contribution in [0.5, 0.6) is 5.75 Å². The van der Waals surface area contributed by atoms with E-state index in [-0.39, 0.29) is 5.96 Å². The summed E-state index contributed by atoms with van der Waals surface area (Å²) in [6.45, 7) is 2.16. The van der Waals surface area contributed by atoms with Crippen LogP contribution in [-0.4, -0.2) is 62.8 Å². The molecular weight excluding hydrogens is 522 g/mol. The fourth-order valence-corrected chi connectivity index (χ4v) is 4.71. The number of fused-ring (bicyclic) bond motifs is 1. The molecule has 0 bridgehead atoms. The summed E-state index contributed by atoms with van der Waals surface area (Å²) < 4.78 is 60.5. The van der Waals surface area contributed by atoms with E-state index in [2.05, 4.69) is 20.5 Å². The van der Waals surface area contributed by atoms with Crippen molar-refractivity contribution < 1.29 is 31.9 Å². The molecule has 10 nitrogen and oxygen atoms in total. The van der Waals surface area contributed by atoms with Gasteiger partial charge >= 0.3 is 12.1 Å². The van der Waals surface area contributed by atoms with Crippen LogP contribution in [-0.2, 0) is 9.63 Å². The number of carbonyl (C=O) groups excluding carboxylic acids is 1. The second-order valence-electron chi connectivity index (χ2n) is 9.10. The predicted octanol–water partition coefficient (Wildman–Crippen LogP) is 4.34. The molecule has 2 unspecified atom stereocenters. The second-order valence-corrected chi connectivity index (χ2v) is 9.10. The molecule has 14 heteroatoms. The number of halogens is 4. The highest BCUT2D eigenvalue weighted by Gasteiger charge is 2.49. The lowest BCUT2D eigenvalue weighted by Gasteiger charge is -2.34. The molecule has 0 spiro atoms. The summed E-state index contributed by atoms with van der Waals surface area (Å²) in [5, 5.41) is 14.2. The Morgan fingerprint density at radius 1 is 1.13 bits per heavy atom. The van der Waals surface area contributed by atoms with E-state index in [4.69, 9.17) is 9.57 Å². The van der Waals surface area contributed by atoms with Crippen molar-refractivity contribution >= 4 is 17.6 Å². The minimum absolute atomic E-state index is 0.113. The average Bonchev–Trinajstić information content (AvgIpc) is 3.40. The number of anilines is 1. The van der Waals surface area contributed by atoms with Gasteiger partial charge in [0.15, 0.2) is 6.17 Å². The SMILES string of the molecule is COc1cc(NC2=NN3CCCCC(c4ccc(F)cc4)C3N2OC(=O)C(F)(F)F)ccc1-n1cnc(C)n1. The van der Waals surface area contributed by atoms with Crippen LogP contribution in [0, 0.1) is 12.7 Å². The first-order chi connectivity index (χ1) is 18.6. The van der Waals surface area contributed by atoms with Crippen LogP contribution in [0.25, 0.3) is 5.69 Å². The van der Waals surface area contributed by atoms with E-state index in [9.17, 15) is 22.4 Å². The molecule has 1 saturated heterocycles. The number of aromatic nitrogens is 3.